The second-order valence-corrected chi connectivity index (χ2v) is 26.4. The zero-order valence-electron chi connectivity index (χ0n) is 58.2. The van der Waals surface area contributed by atoms with E-state index in [-0.39, 0.29) is 12.5 Å². The molecular weight excluding hydrogens is 1100 g/mol. The van der Waals surface area contributed by atoms with Crippen LogP contribution in [0.3, 0.4) is 0 Å². The largest absolute Gasteiger partial charge is 0.394 e. The SMILES string of the molecule is CC/C=C\C/C=C\C/C=C\C/C=C\C/C=C\CCCCCCCCCCCCCCCCCCCC(=O)NC(COC1OC(CO)C(O)C(O)C1O)C(O)/C=C/CC/C=C/CCCCCCCCCCCCCCCCCCCCCCCCCCCCC. The van der Waals surface area contributed by atoms with Crippen molar-refractivity contribution in [1.29, 1.82) is 0 Å². The van der Waals surface area contributed by atoms with Crippen LogP contribution in [0.15, 0.2) is 85.1 Å². The van der Waals surface area contributed by atoms with E-state index >= 15 is 0 Å². The minimum atomic E-state index is -1.58. The summed E-state index contributed by atoms with van der Waals surface area (Å²) < 4.78 is 11.3. The van der Waals surface area contributed by atoms with E-state index in [2.05, 4.69) is 92.1 Å². The van der Waals surface area contributed by atoms with E-state index in [9.17, 15) is 30.3 Å². The standard InChI is InChI=1S/C80H145NO8/c1-3-5-7-9-11-13-15-17-19-21-23-25-27-29-31-33-35-37-39-41-43-45-47-49-51-53-55-57-59-61-63-65-67-69-74(83)73(72-88-80-79(87)78(86)77(85)75(71-82)89-80)81-76(84)70-68-66-64-62-60-58-56-54-52-50-48-46-44-42-40-38-36-34-32-30-28-26-24-22-20-18-16-14-12-10-8-6-4-2/h6,8,12,14,18,20,24,26,30,32,59,61,67,69,73-75,77-80,82-83,85-87H,3-5,7,9-11,13,15-17,19,21-23,25,27-29,31,33-58,60,62-66,68,70-72H2,1-2H3,(H,81,84)/b8-6-,14-12-,20-18-,26-24-,32-30-,61-59+,69-67+. The number of amides is 1. The molecule has 1 heterocycles. The fraction of sp³-hybridized carbons (Fsp3) is 0.812. The molecule has 89 heavy (non-hydrogen) atoms. The molecule has 9 heteroatoms. The number of hydrogen-bond acceptors (Lipinski definition) is 8. The topological polar surface area (TPSA) is 149 Å². The molecule has 0 aromatic carbocycles. The van der Waals surface area contributed by atoms with Crippen LogP contribution in [0.25, 0.3) is 0 Å². The number of rotatable bonds is 67. The van der Waals surface area contributed by atoms with E-state index < -0.39 is 49.5 Å². The third kappa shape index (κ3) is 56.6. The van der Waals surface area contributed by atoms with Gasteiger partial charge in [-0.15, -0.1) is 0 Å². The average Bonchev–Trinajstić information content (AvgIpc) is 2.28. The Kier molecular flexibility index (Phi) is 64.7. The molecule has 0 aromatic rings. The van der Waals surface area contributed by atoms with Gasteiger partial charge in [0.15, 0.2) is 6.29 Å². The highest BCUT2D eigenvalue weighted by atomic mass is 16.7. The van der Waals surface area contributed by atoms with Gasteiger partial charge in [-0.25, -0.2) is 0 Å². The maximum absolute atomic E-state index is 13.2. The molecule has 0 aromatic heterocycles. The van der Waals surface area contributed by atoms with E-state index in [0.717, 1.165) is 70.6 Å². The van der Waals surface area contributed by atoms with E-state index in [4.69, 9.17) is 9.47 Å². The molecule has 0 bridgehead atoms. The second kappa shape index (κ2) is 68.2. The number of aliphatic hydroxyl groups is 5. The molecule has 0 aliphatic carbocycles. The van der Waals surface area contributed by atoms with Crippen molar-refractivity contribution in [1.82, 2.24) is 5.32 Å². The summed E-state index contributed by atoms with van der Waals surface area (Å²) in [4.78, 5) is 13.2. The first-order valence-corrected chi connectivity index (χ1v) is 38.3. The zero-order valence-corrected chi connectivity index (χ0v) is 58.2. The minimum absolute atomic E-state index is 0.183. The molecule has 0 radical (unpaired) electrons. The summed E-state index contributed by atoms with van der Waals surface area (Å²) in [6.45, 7) is 3.70. The number of carbonyl (C=O) groups is 1. The van der Waals surface area contributed by atoms with Gasteiger partial charge in [0.1, 0.15) is 24.4 Å². The van der Waals surface area contributed by atoms with Crippen LogP contribution in [0, 0.1) is 0 Å². The number of ether oxygens (including phenoxy) is 2. The lowest BCUT2D eigenvalue weighted by atomic mass is 9.99. The van der Waals surface area contributed by atoms with Gasteiger partial charge in [0.05, 0.1) is 25.4 Å². The van der Waals surface area contributed by atoms with Gasteiger partial charge in [0, 0.05) is 6.42 Å². The second-order valence-electron chi connectivity index (χ2n) is 26.4. The Balaban J connectivity index is 2.11. The van der Waals surface area contributed by atoms with Crippen molar-refractivity contribution in [2.24, 2.45) is 0 Å². The summed E-state index contributed by atoms with van der Waals surface area (Å²) in [5, 5.41) is 54.8. The molecule has 7 unspecified atom stereocenters. The zero-order chi connectivity index (χ0) is 64.2. The van der Waals surface area contributed by atoms with Crippen LogP contribution in [-0.2, 0) is 14.3 Å². The first-order chi connectivity index (χ1) is 43.8. The Hall–Kier alpha value is -2.63. The van der Waals surface area contributed by atoms with Gasteiger partial charge >= 0.3 is 0 Å². The van der Waals surface area contributed by atoms with Crippen LogP contribution >= 0.6 is 0 Å². The number of allylic oxidation sites excluding steroid dienone is 13. The van der Waals surface area contributed by atoms with E-state index in [1.165, 1.54) is 270 Å². The molecule has 1 aliphatic heterocycles. The van der Waals surface area contributed by atoms with Gasteiger partial charge in [-0.1, -0.05) is 362 Å². The fourth-order valence-corrected chi connectivity index (χ4v) is 12.0. The molecule has 1 rings (SSSR count). The monoisotopic (exact) mass is 1250 g/mol. The number of hydrogen-bond donors (Lipinski definition) is 6. The predicted octanol–water partition coefficient (Wildman–Crippen LogP) is 21.6. The summed E-state index contributed by atoms with van der Waals surface area (Å²) in [5.74, 6) is -0.183. The normalized spacial score (nSPS) is 18.3. The van der Waals surface area contributed by atoms with Crippen LogP contribution in [0.1, 0.15) is 361 Å². The van der Waals surface area contributed by atoms with E-state index in [1.807, 2.05) is 6.08 Å². The van der Waals surface area contributed by atoms with Crippen molar-refractivity contribution < 1.29 is 39.8 Å². The maximum atomic E-state index is 13.2. The van der Waals surface area contributed by atoms with Crippen molar-refractivity contribution in [2.75, 3.05) is 13.2 Å². The molecular formula is C80H145NO8. The lowest BCUT2D eigenvalue weighted by molar-refractivity contribution is -0.302. The number of unbranched alkanes of at least 4 members (excludes halogenated alkanes) is 45. The summed E-state index contributed by atoms with van der Waals surface area (Å²) in [5.41, 5.74) is 0. The Bertz CT molecular complexity index is 1690. The van der Waals surface area contributed by atoms with Crippen LogP contribution in [0.4, 0.5) is 0 Å². The van der Waals surface area contributed by atoms with Gasteiger partial charge in [-0.3, -0.25) is 4.79 Å². The fourth-order valence-electron chi connectivity index (χ4n) is 12.0. The Labute approximate surface area is 550 Å². The molecule has 6 N–H and O–H groups in total. The van der Waals surface area contributed by atoms with Crippen molar-refractivity contribution in [3.05, 3.63) is 85.1 Å². The number of aliphatic hydroxyl groups excluding tert-OH is 5. The molecule has 518 valence electrons. The van der Waals surface area contributed by atoms with Crippen LogP contribution in [0.2, 0.25) is 0 Å². The molecule has 1 saturated heterocycles. The highest BCUT2D eigenvalue weighted by Crippen LogP contribution is 2.24. The third-order valence-corrected chi connectivity index (χ3v) is 18.0. The first kappa shape index (κ1) is 84.4. The Morgan fingerprint density at radius 2 is 0.708 bits per heavy atom. The van der Waals surface area contributed by atoms with Crippen LogP contribution in [0.5, 0.6) is 0 Å². The van der Waals surface area contributed by atoms with Crippen molar-refractivity contribution in [2.45, 2.75) is 403 Å². The van der Waals surface area contributed by atoms with Crippen LogP contribution < -0.4 is 5.32 Å². The molecule has 1 aliphatic rings. The van der Waals surface area contributed by atoms with Gasteiger partial charge in [-0.05, 0) is 77.0 Å². The van der Waals surface area contributed by atoms with Gasteiger partial charge in [-0.2, -0.15) is 0 Å². The highest BCUT2D eigenvalue weighted by Gasteiger charge is 2.44. The smallest absolute Gasteiger partial charge is 0.220 e. The first-order valence-electron chi connectivity index (χ1n) is 38.3. The van der Waals surface area contributed by atoms with E-state index in [0.29, 0.717) is 6.42 Å². The molecule has 9 nitrogen and oxygen atoms in total. The van der Waals surface area contributed by atoms with Crippen LogP contribution in [-0.4, -0.2) is 87.5 Å². The summed E-state index contributed by atoms with van der Waals surface area (Å²) in [6, 6.07) is -0.827. The molecule has 1 amide bonds. The number of nitrogens with one attached hydrogen (secondary N) is 1. The molecule has 1 fully saturated rings. The van der Waals surface area contributed by atoms with Crippen molar-refractivity contribution in [3.8, 4) is 0 Å². The van der Waals surface area contributed by atoms with Gasteiger partial charge in [0.25, 0.3) is 0 Å². The molecule has 0 saturated carbocycles. The highest BCUT2D eigenvalue weighted by molar-refractivity contribution is 5.76. The van der Waals surface area contributed by atoms with Crippen molar-refractivity contribution >= 4 is 5.91 Å². The lowest BCUT2D eigenvalue weighted by Crippen LogP contribution is -2.60. The van der Waals surface area contributed by atoms with Gasteiger partial charge < -0.3 is 40.3 Å². The predicted molar refractivity (Wildman–Crippen MR) is 382 cm³/mol. The minimum Gasteiger partial charge on any atom is -0.394 e. The average molecular weight is 1250 g/mol. The summed E-state index contributed by atoms with van der Waals surface area (Å²) in [7, 11) is 0. The molecule has 7 atom stereocenters. The number of carbonyl (C=O) groups excluding carboxylic acids is 1. The Morgan fingerprint density at radius 1 is 0.393 bits per heavy atom. The lowest BCUT2D eigenvalue weighted by Gasteiger charge is -2.40. The quantitative estimate of drug-likeness (QED) is 0.0261. The van der Waals surface area contributed by atoms with Crippen molar-refractivity contribution in [3.63, 3.8) is 0 Å². The molecule has 0 spiro atoms. The summed E-state index contributed by atoms with van der Waals surface area (Å²) in [6.07, 6.45) is 91.5. The Morgan fingerprint density at radius 3 is 1.08 bits per heavy atom. The third-order valence-electron chi connectivity index (χ3n) is 18.0. The summed E-state index contributed by atoms with van der Waals surface area (Å²) >= 11 is 0. The van der Waals surface area contributed by atoms with Gasteiger partial charge in [0.2, 0.25) is 5.91 Å². The maximum Gasteiger partial charge on any atom is 0.220 e. The van der Waals surface area contributed by atoms with E-state index in [1.54, 1.807) is 6.08 Å².